The summed E-state index contributed by atoms with van der Waals surface area (Å²) in [6, 6.07) is 7.39. The van der Waals surface area contributed by atoms with Gasteiger partial charge in [0.25, 0.3) is 0 Å². The summed E-state index contributed by atoms with van der Waals surface area (Å²) in [5.74, 6) is 0.384. The molecule has 0 aliphatic carbocycles. The van der Waals surface area contributed by atoms with Crippen molar-refractivity contribution in [1.29, 1.82) is 0 Å². The van der Waals surface area contributed by atoms with Crippen LogP contribution in [0.4, 0.5) is 5.69 Å². The summed E-state index contributed by atoms with van der Waals surface area (Å²) in [5, 5.41) is 2.82. The first kappa shape index (κ1) is 13.5. The van der Waals surface area contributed by atoms with Crippen LogP contribution in [0.25, 0.3) is 0 Å². The van der Waals surface area contributed by atoms with Gasteiger partial charge in [0.05, 0.1) is 11.8 Å². The molecular formula is C13H20N2O2. The molecule has 0 fully saturated rings. The van der Waals surface area contributed by atoms with E-state index >= 15 is 0 Å². The van der Waals surface area contributed by atoms with Crippen LogP contribution >= 0.6 is 0 Å². The highest BCUT2D eigenvalue weighted by molar-refractivity contribution is 5.93. The summed E-state index contributed by atoms with van der Waals surface area (Å²) in [4.78, 5) is 11.7. The standard InChI is InChI=1S/C13H20N2O2/c1-9(2)17-12-7-5-4-6-11(12)15-13(16)10(3)8-14/h4-7,9-10H,8,14H2,1-3H3,(H,15,16). The SMILES string of the molecule is CC(C)Oc1ccccc1NC(=O)C(C)CN. The van der Waals surface area contributed by atoms with E-state index < -0.39 is 0 Å². The van der Waals surface area contributed by atoms with Crippen molar-refractivity contribution >= 4 is 11.6 Å². The van der Waals surface area contributed by atoms with Gasteiger partial charge in [-0.2, -0.15) is 0 Å². The van der Waals surface area contributed by atoms with E-state index in [9.17, 15) is 4.79 Å². The third kappa shape index (κ3) is 4.07. The van der Waals surface area contributed by atoms with Crippen LogP contribution < -0.4 is 15.8 Å². The minimum atomic E-state index is -0.206. The number of nitrogens with two attached hydrogens (primary N) is 1. The van der Waals surface area contributed by atoms with Gasteiger partial charge in [0.15, 0.2) is 0 Å². The van der Waals surface area contributed by atoms with Crippen LogP contribution in [0.15, 0.2) is 24.3 Å². The molecular weight excluding hydrogens is 216 g/mol. The van der Waals surface area contributed by atoms with Crippen molar-refractivity contribution in [3.8, 4) is 5.75 Å². The third-order valence-electron chi connectivity index (χ3n) is 2.31. The number of hydrogen-bond acceptors (Lipinski definition) is 3. The normalized spacial score (nSPS) is 12.3. The Morgan fingerprint density at radius 3 is 2.59 bits per heavy atom. The fourth-order valence-electron chi connectivity index (χ4n) is 1.29. The van der Waals surface area contributed by atoms with Gasteiger partial charge in [-0.15, -0.1) is 0 Å². The Morgan fingerprint density at radius 1 is 1.35 bits per heavy atom. The van der Waals surface area contributed by atoms with Gasteiger partial charge in [-0.25, -0.2) is 0 Å². The quantitative estimate of drug-likeness (QED) is 0.822. The first-order valence-electron chi connectivity index (χ1n) is 5.81. The van der Waals surface area contributed by atoms with Crippen molar-refractivity contribution in [3.63, 3.8) is 0 Å². The fraction of sp³-hybridized carbons (Fsp3) is 0.462. The highest BCUT2D eigenvalue weighted by Gasteiger charge is 2.13. The van der Waals surface area contributed by atoms with Gasteiger partial charge in [-0.05, 0) is 26.0 Å². The number of benzene rings is 1. The molecule has 1 rings (SSSR count). The van der Waals surface area contributed by atoms with Gasteiger partial charge in [0.1, 0.15) is 5.75 Å². The predicted octanol–water partition coefficient (Wildman–Crippen LogP) is 2.01. The number of carbonyl (C=O) groups is 1. The number of nitrogens with one attached hydrogen (secondary N) is 1. The molecule has 0 radical (unpaired) electrons. The van der Waals surface area contributed by atoms with E-state index in [4.69, 9.17) is 10.5 Å². The summed E-state index contributed by atoms with van der Waals surface area (Å²) >= 11 is 0. The van der Waals surface area contributed by atoms with Gasteiger partial charge >= 0.3 is 0 Å². The molecule has 1 unspecified atom stereocenters. The average molecular weight is 236 g/mol. The molecule has 0 heterocycles. The molecule has 0 saturated heterocycles. The molecule has 1 amide bonds. The zero-order valence-electron chi connectivity index (χ0n) is 10.6. The summed E-state index contributed by atoms with van der Waals surface area (Å²) in [7, 11) is 0. The number of hydrogen-bond donors (Lipinski definition) is 2. The number of ether oxygens (including phenoxy) is 1. The molecule has 0 aliphatic rings. The molecule has 0 saturated carbocycles. The minimum absolute atomic E-state index is 0.0694. The second kappa shape index (κ2) is 6.25. The van der Waals surface area contributed by atoms with Crippen LogP contribution in [0, 0.1) is 5.92 Å². The molecule has 17 heavy (non-hydrogen) atoms. The second-order valence-electron chi connectivity index (χ2n) is 4.29. The van der Waals surface area contributed by atoms with E-state index in [1.165, 1.54) is 0 Å². The van der Waals surface area contributed by atoms with E-state index in [0.717, 1.165) is 0 Å². The first-order valence-corrected chi connectivity index (χ1v) is 5.81. The predicted molar refractivity (Wildman–Crippen MR) is 69.1 cm³/mol. The molecule has 3 N–H and O–H groups in total. The maximum Gasteiger partial charge on any atom is 0.228 e. The van der Waals surface area contributed by atoms with Crippen molar-refractivity contribution < 1.29 is 9.53 Å². The maximum absolute atomic E-state index is 11.7. The monoisotopic (exact) mass is 236 g/mol. The van der Waals surface area contributed by atoms with Crippen molar-refractivity contribution in [1.82, 2.24) is 0 Å². The van der Waals surface area contributed by atoms with Gasteiger partial charge in [-0.1, -0.05) is 19.1 Å². The molecule has 1 aromatic rings. The average Bonchev–Trinajstić information content (AvgIpc) is 2.29. The van der Waals surface area contributed by atoms with Gasteiger partial charge in [-0.3, -0.25) is 4.79 Å². The van der Waals surface area contributed by atoms with Gasteiger partial charge in [0, 0.05) is 12.5 Å². The molecule has 0 spiro atoms. The maximum atomic E-state index is 11.7. The fourth-order valence-corrected chi connectivity index (χ4v) is 1.29. The van der Waals surface area contributed by atoms with E-state index in [-0.39, 0.29) is 17.9 Å². The van der Waals surface area contributed by atoms with E-state index in [1.54, 1.807) is 6.92 Å². The lowest BCUT2D eigenvalue weighted by molar-refractivity contribution is -0.119. The molecule has 4 nitrogen and oxygen atoms in total. The summed E-state index contributed by atoms with van der Waals surface area (Å²) in [5.41, 5.74) is 6.14. The lowest BCUT2D eigenvalue weighted by Crippen LogP contribution is -2.27. The number of carbonyl (C=O) groups excluding carboxylic acids is 1. The van der Waals surface area contributed by atoms with Crippen molar-refractivity contribution in [3.05, 3.63) is 24.3 Å². The zero-order chi connectivity index (χ0) is 12.8. The zero-order valence-corrected chi connectivity index (χ0v) is 10.6. The van der Waals surface area contributed by atoms with Crippen LogP contribution in [0.5, 0.6) is 5.75 Å². The minimum Gasteiger partial charge on any atom is -0.489 e. The highest BCUT2D eigenvalue weighted by Crippen LogP contribution is 2.25. The summed E-state index contributed by atoms with van der Waals surface area (Å²) < 4.78 is 5.61. The Bertz CT molecular complexity index is 377. The molecule has 1 aromatic carbocycles. The molecule has 94 valence electrons. The van der Waals surface area contributed by atoms with E-state index in [2.05, 4.69) is 5.32 Å². The Labute approximate surface area is 102 Å². The Balaban J connectivity index is 2.79. The van der Waals surface area contributed by atoms with Gasteiger partial charge < -0.3 is 15.8 Å². The number of amides is 1. The van der Waals surface area contributed by atoms with Crippen LogP contribution in [0.3, 0.4) is 0 Å². The van der Waals surface area contributed by atoms with Crippen LogP contribution in [-0.4, -0.2) is 18.6 Å². The molecule has 4 heteroatoms. The largest absolute Gasteiger partial charge is 0.489 e. The number of para-hydroxylation sites is 2. The molecule has 1 atom stereocenters. The molecule has 0 aromatic heterocycles. The van der Waals surface area contributed by atoms with Crippen LogP contribution in [-0.2, 0) is 4.79 Å². The highest BCUT2D eigenvalue weighted by atomic mass is 16.5. The van der Waals surface area contributed by atoms with E-state index in [1.807, 2.05) is 38.1 Å². The van der Waals surface area contributed by atoms with Crippen LogP contribution in [0.2, 0.25) is 0 Å². The number of rotatable bonds is 5. The Kier molecular flexibility index (Phi) is 4.97. The second-order valence-corrected chi connectivity index (χ2v) is 4.29. The number of anilines is 1. The Hall–Kier alpha value is -1.55. The molecule has 0 bridgehead atoms. The lowest BCUT2D eigenvalue weighted by atomic mass is 10.1. The smallest absolute Gasteiger partial charge is 0.228 e. The lowest BCUT2D eigenvalue weighted by Gasteiger charge is -2.16. The summed E-state index contributed by atoms with van der Waals surface area (Å²) in [6.07, 6.45) is 0.0694. The first-order chi connectivity index (χ1) is 8.04. The van der Waals surface area contributed by atoms with Crippen molar-refractivity contribution in [2.45, 2.75) is 26.9 Å². The topological polar surface area (TPSA) is 64.3 Å². The third-order valence-corrected chi connectivity index (χ3v) is 2.31. The van der Waals surface area contributed by atoms with Crippen LogP contribution in [0.1, 0.15) is 20.8 Å². The Morgan fingerprint density at radius 2 is 2.00 bits per heavy atom. The summed E-state index contributed by atoms with van der Waals surface area (Å²) in [6.45, 7) is 6.02. The van der Waals surface area contributed by atoms with Crippen molar-refractivity contribution in [2.24, 2.45) is 11.7 Å². The molecule has 0 aliphatic heterocycles. The van der Waals surface area contributed by atoms with E-state index in [0.29, 0.717) is 18.0 Å². The van der Waals surface area contributed by atoms with Gasteiger partial charge in [0.2, 0.25) is 5.91 Å². The van der Waals surface area contributed by atoms with Crippen molar-refractivity contribution in [2.75, 3.05) is 11.9 Å².